The van der Waals surface area contributed by atoms with Gasteiger partial charge >= 0.3 is 0 Å². The molecular formula is C10H17. The molecule has 0 bridgehead atoms. The molecule has 0 saturated heterocycles. The Kier molecular flexibility index (Phi) is 4.33. The first-order valence-electron chi connectivity index (χ1n) is 4.48. The Morgan fingerprint density at radius 1 is 0.700 bits per heavy atom. The molecule has 1 rings (SSSR count). The molecule has 0 heterocycles. The smallest absolute Gasteiger partial charge is 0.0171 e. The van der Waals surface area contributed by atoms with E-state index in [1.807, 2.05) is 0 Å². The zero-order chi connectivity index (χ0) is 7.07. The molecule has 0 spiro atoms. The molecule has 0 amide bonds. The van der Waals surface area contributed by atoms with E-state index in [4.69, 9.17) is 0 Å². The summed E-state index contributed by atoms with van der Waals surface area (Å²) in [5, 5.41) is 0. The van der Waals surface area contributed by atoms with Crippen molar-refractivity contribution in [3.63, 3.8) is 0 Å². The van der Waals surface area contributed by atoms with Crippen LogP contribution < -0.4 is 0 Å². The summed E-state index contributed by atoms with van der Waals surface area (Å²) in [6.45, 7) is 0. The predicted molar refractivity (Wildman–Crippen MR) is 45.8 cm³/mol. The van der Waals surface area contributed by atoms with Gasteiger partial charge in [0.05, 0.1) is 0 Å². The zero-order valence-electron chi connectivity index (χ0n) is 6.68. The van der Waals surface area contributed by atoms with Crippen molar-refractivity contribution in [1.82, 2.24) is 0 Å². The summed E-state index contributed by atoms with van der Waals surface area (Å²) in [6.07, 6.45) is 16.5. The molecule has 0 aromatic rings. The maximum atomic E-state index is 2.30. The molecule has 57 valence electrons. The van der Waals surface area contributed by atoms with Crippen molar-refractivity contribution in [1.29, 1.82) is 0 Å². The molecule has 0 aliphatic heterocycles. The van der Waals surface area contributed by atoms with Crippen molar-refractivity contribution >= 4 is 0 Å². The van der Waals surface area contributed by atoms with Crippen LogP contribution in [-0.4, -0.2) is 0 Å². The molecular weight excluding hydrogens is 120 g/mol. The first kappa shape index (κ1) is 7.84. The monoisotopic (exact) mass is 137 g/mol. The molecule has 1 radical (unpaired) electrons. The van der Waals surface area contributed by atoms with Gasteiger partial charge in [0.2, 0.25) is 0 Å². The van der Waals surface area contributed by atoms with Gasteiger partial charge in [0.15, 0.2) is 0 Å². The minimum Gasteiger partial charge on any atom is -0.0882 e. The number of rotatable bonds is 0. The lowest BCUT2D eigenvalue weighted by Gasteiger charge is -2.01. The Morgan fingerprint density at radius 2 is 1.40 bits per heavy atom. The maximum absolute atomic E-state index is 2.30. The van der Waals surface area contributed by atoms with Crippen LogP contribution in [-0.2, 0) is 0 Å². The largest absolute Gasteiger partial charge is 0.0882 e. The van der Waals surface area contributed by atoms with Gasteiger partial charge in [0.25, 0.3) is 0 Å². The SMILES string of the molecule is [CH]1C=CCCCCCCC1. The molecule has 10 heavy (non-hydrogen) atoms. The lowest BCUT2D eigenvalue weighted by Crippen LogP contribution is -1.82. The fraction of sp³-hybridized carbons (Fsp3) is 0.700. The van der Waals surface area contributed by atoms with Gasteiger partial charge in [-0.25, -0.2) is 0 Å². The highest BCUT2D eigenvalue weighted by Crippen LogP contribution is 2.11. The van der Waals surface area contributed by atoms with Gasteiger partial charge in [-0.3, -0.25) is 0 Å². The Balaban J connectivity index is 2.13. The quantitative estimate of drug-likeness (QED) is 0.479. The maximum Gasteiger partial charge on any atom is -0.0171 e. The minimum absolute atomic E-state index is 1.29. The van der Waals surface area contributed by atoms with Crippen molar-refractivity contribution < 1.29 is 0 Å². The normalized spacial score (nSPS) is 22.4. The standard InChI is InChI=1S/C10H17/c1-2-4-6-8-10-9-7-5-3-1/h1-3H,4-10H2. The van der Waals surface area contributed by atoms with Gasteiger partial charge in [0, 0.05) is 0 Å². The van der Waals surface area contributed by atoms with Crippen LogP contribution in [0.1, 0.15) is 44.9 Å². The van der Waals surface area contributed by atoms with E-state index in [1.165, 1.54) is 44.9 Å². The molecule has 0 nitrogen and oxygen atoms in total. The van der Waals surface area contributed by atoms with E-state index in [1.54, 1.807) is 0 Å². The molecule has 0 fully saturated rings. The van der Waals surface area contributed by atoms with E-state index in [0.29, 0.717) is 0 Å². The molecule has 0 N–H and O–H groups in total. The summed E-state index contributed by atoms with van der Waals surface area (Å²) in [5.41, 5.74) is 0. The van der Waals surface area contributed by atoms with Gasteiger partial charge in [-0.15, -0.1) is 0 Å². The summed E-state index contributed by atoms with van der Waals surface area (Å²) in [4.78, 5) is 0. The minimum atomic E-state index is 1.29. The second-order valence-corrected chi connectivity index (χ2v) is 3.01. The van der Waals surface area contributed by atoms with Crippen LogP contribution in [0.3, 0.4) is 0 Å². The van der Waals surface area contributed by atoms with E-state index in [-0.39, 0.29) is 0 Å². The number of hydrogen-bond donors (Lipinski definition) is 0. The first-order valence-corrected chi connectivity index (χ1v) is 4.48. The number of allylic oxidation sites excluding steroid dienone is 2. The Hall–Kier alpha value is -0.260. The summed E-state index contributed by atoms with van der Waals surface area (Å²) < 4.78 is 0. The second kappa shape index (κ2) is 5.52. The van der Waals surface area contributed by atoms with Crippen LogP contribution >= 0.6 is 0 Å². The van der Waals surface area contributed by atoms with E-state index < -0.39 is 0 Å². The molecule has 0 aromatic carbocycles. The lowest BCUT2D eigenvalue weighted by molar-refractivity contribution is 0.613. The van der Waals surface area contributed by atoms with Crippen molar-refractivity contribution in [2.24, 2.45) is 0 Å². The first-order chi connectivity index (χ1) is 5.00. The van der Waals surface area contributed by atoms with Crippen LogP contribution in [0.4, 0.5) is 0 Å². The highest BCUT2D eigenvalue weighted by molar-refractivity contribution is 4.94. The number of hydrogen-bond acceptors (Lipinski definition) is 0. The van der Waals surface area contributed by atoms with Gasteiger partial charge in [0.1, 0.15) is 0 Å². The van der Waals surface area contributed by atoms with Gasteiger partial charge < -0.3 is 0 Å². The second-order valence-electron chi connectivity index (χ2n) is 3.01. The average Bonchev–Trinajstić information content (AvgIpc) is 2.01. The molecule has 1 aliphatic carbocycles. The van der Waals surface area contributed by atoms with Crippen LogP contribution in [0.25, 0.3) is 0 Å². The molecule has 0 unspecified atom stereocenters. The topological polar surface area (TPSA) is 0 Å². The summed E-state index contributed by atoms with van der Waals surface area (Å²) in [5.74, 6) is 0. The van der Waals surface area contributed by atoms with Gasteiger partial charge in [-0.1, -0.05) is 37.8 Å². The highest BCUT2D eigenvalue weighted by atomic mass is 14.0. The Bertz CT molecular complexity index is 80.2. The van der Waals surface area contributed by atoms with Crippen molar-refractivity contribution in [3.8, 4) is 0 Å². The summed E-state index contributed by atoms with van der Waals surface area (Å²) in [7, 11) is 0. The van der Waals surface area contributed by atoms with E-state index >= 15 is 0 Å². The third-order valence-corrected chi connectivity index (χ3v) is 2.01. The van der Waals surface area contributed by atoms with E-state index in [9.17, 15) is 0 Å². The van der Waals surface area contributed by atoms with Crippen molar-refractivity contribution in [2.45, 2.75) is 44.9 Å². The molecule has 1 aliphatic rings. The highest BCUT2D eigenvalue weighted by Gasteiger charge is 1.91. The fourth-order valence-corrected chi connectivity index (χ4v) is 1.34. The van der Waals surface area contributed by atoms with Gasteiger partial charge in [-0.05, 0) is 25.7 Å². The summed E-state index contributed by atoms with van der Waals surface area (Å²) in [6, 6.07) is 0. The lowest BCUT2D eigenvalue weighted by atomic mass is 10.1. The summed E-state index contributed by atoms with van der Waals surface area (Å²) >= 11 is 0. The van der Waals surface area contributed by atoms with Crippen LogP contribution in [0.15, 0.2) is 12.2 Å². The van der Waals surface area contributed by atoms with Crippen LogP contribution in [0, 0.1) is 6.42 Å². The van der Waals surface area contributed by atoms with Crippen molar-refractivity contribution in [2.75, 3.05) is 0 Å². The predicted octanol–water partition coefficient (Wildman–Crippen LogP) is 3.49. The molecule has 0 aromatic heterocycles. The third-order valence-electron chi connectivity index (χ3n) is 2.01. The van der Waals surface area contributed by atoms with E-state index in [0.717, 1.165) is 0 Å². The molecule has 0 atom stereocenters. The van der Waals surface area contributed by atoms with Crippen LogP contribution in [0.2, 0.25) is 0 Å². The Labute approximate surface area is 64.3 Å². The molecule has 0 saturated carbocycles. The fourth-order valence-electron chi connectivity index (χ4n) is 1.34. The zero-order valence-corrected chi connectivity index (χ0v) is 6.68. The molecule has 0 heteroatoms. The third kappa shape index (κ3) is 3.71. The van der Waals surface area contributed by atoms with Crippen LogP contribution in [0.5, 0.6) is 0 Å². The average molecular weight is 137 g/mol. The Morgan fingerprint density at radius 3 is 2.30 bits per heavy atom. The van der Waals surface area contributed by atoms with Crippen molar-refractivity contribution in [3.05, 3.63) is 18.6 Å². The van der Waals surface area contributed by atoms with E-state index in [2.05, 4.69) is 18.6 Å². The van der Waals surface area contributed by atoms with Gasteiger partial charge in [-0.2, -0.15) is 0 Å².